The van der Waals surface area contributed by atoms with Gasteiger partial charge in [-0.2, -0.15) is 0 Å². The second-order valence-electron chi connectivity index (χ2n) is 4.93. The van der Waals surface area contributed by atoms with Gasteiger partial charge in [-0.1, -0.05) is 25.2 Å². The minimum absolute atomic E-state index is 0.129. The SMILES string of the molecule is CCN(CC)CCNC(=O)c1sc(NC2CC2)nc1N. The van der Waals surface area contributed by atoms with Gasteiger partial charge in [0.15, 0.2) is 5.13 Å². The molecule has 0 spiro atoms. The lowest BCUT2D eigenvalue weighted by molar-refractivity contribution is 0.0953. The van der Waals surface area contributed by atoms with Crippen LogP contribution < -0.4 is 16.4 Å². The lowest BCUT2D eigenvalue weighted by Crippen LogP contribution is -2.34. The number of carbonyl (C=O) groups excluding carboxylic acids is 1. The predicted octanol–water partition coefficient (Wildman–Crippen LogP) is 1.37. The van der Waals surface area contributed by atoms with Gasteiger partial charge in [-0.05, 0) is 25.9 Å². The van der Waals surface area contributed by atoms with Crippen LogP contribution in [0.1, 0.15) is 36.4 Å². The van der Waals surface area contributed by atoms with Crippen LogP contribution in [0.4, 0.5) is 10.9 Å². The normalized spacial score (nSPS) is 14.6. The number of thiazole rings is 1. The fraction of sp³-hybridized carbons (Fsp3) is 0.692. The third-order valence-corrected chi connectivity index (χ3v) is 4.37. The predicted molar refractivity (Wildman–Crippen MR) is 83.3 cm³/mol. The lowest BCUT2D eigenvalue weighted by Gasteiger charge is -2.17. The molecule has 1 saturated carbocycles. The van der Waals surface area contributed by atoms with Gasteiger partial charge < -0.3 is 21.3 Å². The molecule has 1 aliphatic carbocycles. The molecule has 112 valence electrons. The van der Waals surface area contributed by atoms with E-state index < -0.39 is 0 Å². The van der Waals surface area contributed by atoms with Crippen LogP contribution in [0.25, 0.3) is 0 Å². The summed E-state index contributed by atoms with van der Waals surface area (Å²) in [6, 6.07) is 0.513. The Morgan fingerprint density at radius 2 is 2.15 bits per heavy atom. The molecule has 0 atom stereocenters. The Labute approximate surface area is 123 Å². The van der Waals surface area contributed by atoms with Crippen molar-refractivity contribution in [3.63, 3.8) is 0 Å². The van der Waals surface area contributed by atoms with Gasteiger partial charge in [0, 0.05) is 19.1 Å². The first-order valence-electron chi connectivity index (χ1n) is 7.17. The topological polar surface area (TPSA) is 83.3 Å². The number of aromatic nitrogens is 1. The maximum Gasteiger partial charge on any atom is 0.265 e. The van der Waals surface area contributed by atoms with Crippen LogP contribution in [-0.2, 0) is 0 Å². The van der Waals surface area contributed by atoms with E-state index in [1.54, 1.807) is 0 Å². The monoisotopic (exact) mass is 297 g/mol. The molecule has 1 heterocycles. The summed E-state index contributed by atoms with van der Waals surface area (Å²) in [6.45, 7) is 7.69. The highest BCUT2D eigenvalue weighted by Crippen LogP contribution is 2.30. The fourth-order valence-corrected chi connectivity index (χ4v) is 2.78. The first-order chi connectivity index (χ1) is 9.63. The summed E-state index contributed by atoms with van der Waals surface area (Å²) in [7, 11) is 0. The Hall–Kier alpha value is -1.34. The second-order valence-corrected chi connectivity index (χ2v) is 5.93. The standard InChI is InChI=1S/C13H23N5OS/c1-3-18(4-2)8-7-15-12(19)10-11(14)17-13(20-10)16-9-5-6-9/h9H,3-8,14H2,1-2H3,(H,15,19)(H,16,17). The fourth-order valence-electron chi connectivity index (χ4n) is 1.91. The maximum absolute atomic E-state index is 12.1. The van der Waals surface area contributed by atoms with E-state index in [9.17, 15) is 4.79 Å². The lowest BCUT2D eigenvalue weighted by atomic mass is 10.4. The number of rotatable bonds is 8. The van der Waals surface area contributed by atoms with E-state index in [1.165, 1.54) is 24.2 Å². The molecule has 7 heteroatoms. The molecule has 2 rings (SSSR count). The zero-order valence-corrected chi connectivity index (χ0v) is 12.9. The zero-order chi connectivity index (χ0) is 14.5. The van der Waals surface area contributed by atoms with E-state index in [-0.39, 0.29) is 5.91 Å². The Bertz CT molecular complexity index is 454. The summed E-state index contributed by atoms with van der Waals surface area (Å²) in [5, 5.41) is 6.92. The van der Waals surface area contributed by atoms with Crippen LogP contribution in [-0.4, -0.2) is 48.0 Å². The molecule has 0 bridgehead atoms. The van der Waals surface area contributed by atoms with Crippen molar-refractivity contribution in [2.24, 2.45) is 0 Å². The molecule has 0 aliphatic heterocycles. The number of carbonyl (C=O) groups is 1. The van der Waals surface area contributed by atoms with Crippen molar-refractivity contribution in [3.05, 3.63) is 4.88 Å². The number of likely N-dealkylation sites (N-methyl/N-ethyl adjacent to an activating group) is 1. The third-order valence-electron chi connectivity index (χ3n) is 3.37. The van der Waals surface area contributed by atoms with E-state index in [0.29, 0.717) is 23.3 Å². The molecule has 0 unspecified atom stereocenters. The first kappa shape index (κ1) is 15.1. The molecule has 1 fully saturated rings. The molecule has 4 N–H and O–H groups in total. The third kappa shape index (κ3) is 4.08. The van der Waals surface area contributed by atoms with Gasteiger partial charge in [-0.15, -0.1) is 0 Å². The molecule has 1 aromatic rings. The smallest absolute Gasteiger partial charge is 0.265 e. The van der Waals surface area contributed by atoms with E-state index in [2.05, 4.69) is 34.4 Å². The van der Waals surface area contributed by atoms with Crippen molar-refractivity contribution in [2.45, 2.75) is 32.7 Å². The van der Waals surface area contributed by atoms with Crippen LogP contribution in [0.3, 0.4) is 0 Å². The van der Waals surface area contributed by atoms with Gasteiger partial charge in [0.2, 0.25) is 0 Å². The molecule has 0 saturated heterocycles. The Balaban J connectivity index is 1.83. The second kappa shape index (κ2) is 6.90. The minimum Gasteiger partial charge on any atom is -0.382 e. The number of hydrogen-bond acceptors (Lipinski definition) is 6. The van der Waals surface area contributed by atoms with E-state index >= 15 is 0 Å². The number of nitrogens with one attached hydrogen (secondary N) is 2. The Morgan fingerprint density at radius 1 is 1.45 bits per heavy atom. The average molecular weight is 297 g/mol. The molecule has 1 amide bonds. The number of hydrogen-bond donors (Lipinski definition) is 3. The van der Waals surface area contributed by atoms with Crippen LogP contribution in [0.15, 0.2) is 0 Å². The van der Waals surface area contributed by atoms with E-state index in [0.717, 1.165) is 24.8 Å². The van der Waals surface area contributed by atoms with Crippen molar-refractivity contribution >= 4 is 28.2 Å². The van der Waals surface area contributed by atoms with Gasteiger partial charge in [0.25, 0.3) is 5.91 Å². The summed E-state index contributed by atoms with van der Waals surface area (Å²) in [5.41, 5.74) is 5.81. The van der Waals surface area contributed by atoms with Gasteiger partial charge in [-0.3, -0.25) is 4.79 Å². The van der Waals surface area contributed by atoms with Crippen molar-refractivity contribution in [2.75, 3.05) is 37.2 Å². The van der Waals surface area contributed by atoms with Gasteiger partial charge in [-0.25, -0.2) is 4.98 Å². The van der Waals surface area contributed by atoms with Crippen molar-refractivity contribution in [3.8, 4) is 0 Å². The highest BCUT2D eigenvalue weighted by atomic mass is 32.1. The molecule has 20 heavy (non-hydrogen) atoms. The highest BCUT2D eigenvalue weighted by Gasteiger charge is 2.24. The summed E-state index contributed by atoms with van der Waals surface area (Å²) < 4.78 is 0. The van der Waals surface area contributed by atoms with Crippen molar-refractivity contribution in [1.82, 2.24) is 15.2 Å². The maximum atomic E-state index is 12.1. The molecule has 6 nitrogen and oxygen atoms in total. The van der Waals surface area contributed by atoms with Gasteiger partial charge in [0.1, 0.15) is 10.7 Å². The number of anilines is 2. The van der Waals surface area contributed by atoms with Gasteiger partial charge in [0.05, 0.1) is 0 Å². The van der Waals surface area contributed by atoms with Crippen LogP contribution in [0.2, 0.25) is 0 Å². The minimum atomic E-state index is -0.129. The summed E-state index contributed by atoms with van der Waals surface area (Å²) >= 11 is 1.33. The number of nitrogens with zero attached hydrogens (tertiary/aromatic N) is 2. The molecule has 1 aliphatic rings. The zero-order valence-electron chi connectivity index (χ0n) is 12.1. The largest absolute Gasteiger partial charge is 0.382 e. The Morgan fingerprint density at radius 3 is 2.75 bits per heavy atom. The van der Waals surface area contributed by atoms with Crippen LogP contribution in [0, 0.1) is 0 Å². The molecule has 0 radical (unpaired) electrons. The van der Waals surface area contributed by atoms with E-state index in [1.807, 2.05) is 0 Å². The molecular formula is C13H23N5OS. The average Bonchev–Trinajstić information content (AvgIpc) is 3.16. The van der Waals surface area contributed by atoms with Crippen molar-refractivity contribution in [1.29, 1.82) is 0 Å². The van der Waals surface area contributed by atoms with Gasteiger partial charge >= 0.3 is 0 Å². The molecular weight excluding hydrogens is 274 g/mol. The van der Waals surface area contributed by atoms with E-state index in [4.69, 9.17) is 5.73 Å². The summed E-state index contributed by atoms with van der Waals surface area (Å²) in [5.74, 6) is 0.189. The summed E-state index contributed by atoms with van der Waals surface area (Å²) in [4.78, 5) is 19.0. The van der Waals surface area contributed by atoms with Crippen molar-refractivity contribution < 1.29 is 4.79 Å². The quantitative estimate of drug-likeness (QED) is 0.675. The first-order valence-corrected chi connectivity index (χ1v) is 7.99. The van der Waals surface area contributed by atoms with Crippen LogP contribution >= 0.6 is 11.3 Å². The summed E-state index contributed by atoms with van der Waals surface area (Å²) in [6.07, 6.45) is 2.34. The molecule has 0 aromatic carbocycles. The molecule has 1 aromatic heterocycles. The van der Waals surface area contributed by atoms with Crippen LogP contribution in [0.5, 0.6) is 0 Å². The number of nitrogen functional groups attached to an aromatic ring is 1. The Kier molecular flexibility index (Phi) is 5.19. The highest BCUT2D eigenvalue weighted by molar-refractivity contribution is 7.18. The number of nitrogens with two attached hydrogens (primary N) is 1. The number of amides is 1.